The smallest absolute Gasteiger partial charge is 0.165 e. The van der Waals surface area contributed by atoms with Gasteiger partial charge in [-0.25, -0.2) is 5.90 Å². The van der Waals surface area contributed by atoms with Crippen LogP contribution in [-0.2, 0) is 18.0 Å². The predicted octanol–water partition coefficient (Wildman–Crippen LogP) is 3.32. The van der Waals surface area contributed by atoms with Crippen molar-refractivity contribution in [3.05, 3.63) is 75.3 Å². The Labute approximate surface area is 153 Å². The maximum atomic E-state index is 6.54. The van der Waals surface area contributed by atoms with E-state index in [4.69, 9.17) is 38.9 Å². The monoisotopic (exact) mass is 373 g/mol. The third-order valence-corrected chi connectivity index (χ3v) is 4.63. The van der Waals surface area contributed by atoms with Crippen molar-refractivity contribution in [1.29, 1.82) is 0 Å². The Kier molecular flexibility index (Phi) is 4.27. The second-order valence-electron chi connectivity index (χ2n) is 5.46. The third kappa shape index (κ3) is 2.73. The second kappa shape index (κ2) is 6.57. The zero-order chi connectivity index (χ0) is 17.4. The minimum atomic E-state index is 0.125. The van der Waals surface area contributed by atoms with Gasteiger partial charge in [0.15, 0.2) is 11.6 Å². The van der Waals surface area contributed by atoms with Crippen molar-refractivity contribution in [1.82, 2.24) is 14.8 Å². The summed E-state index contributed by atoms with van der Waals surface area (Å²) in [4.78, 5) is 9.48. The summed E-state index contributed by atoms with van der Waals surface area (Å²) < 4.78 is 1.88. The lowest BCUT2D eigenvalue weighted by Gasteiger charge is -2.15. The molecule has 0 aliphatic carbocycles. The summed E-state index contributed by atoms with van der Waals surface area (Å²) in [6.07, 6.45) is 0. The van der Waals surface area contributed by atoms with Gasteiger partial charge in [0.2, 0.25) is 0 Å². The molecule has 2 heterocycles. The van der Waals surface area contributed by atoms with Gasteiger partial charge < -0.3 is 0 Å². The molecule has 126 valence electrons. The normalized spacial score (nSPS) is 13.0. The highest BCUT2D eigenvalue weighted by molar-refractivity contribution is 6.39. The van der Waals surface area contributed by atoms with Gasteiger partial charge in [-0.1, -0.05) is 47.5 Å². The van der Waals surface area contributed by atoms with Crippen molar-refractivity contribution in [2.45, 2.75) is 13.2 Å². The van der Waals surface area contributed by atoms with Crippen LogP contribution >= 0.6 is 23.2 Å². The lowest BCUT2D eigenvalue weighted by atomic mass is 10.00. The number of fused-ring (bicyclic) bond motifs is 3. The highest BCUT2D eigenvalue weighted by Crippen LogP contribution is 2.32. The number of aliphatic imine (C=N–C) groups is 1. The molecule has 0 atom stereocenters. The number of rotatable bonds is 3. The van der Waals surface area contributed by atoms with E-state index < -0.39 is 0 Å². The zero-order valence-electron chi connectivity index (χ0n) is 13.0. The van der Waals surface area contributed by atoms with Crippen LogP contribution in [0.2, 0.25) is 10.0 Å². The Morgan fingerprint density at radius 3 is 2.64 bits per heavy atom. The Morgan fingerprint density at radius 1 is 1.04 bits per heavy atom. The van der Waals surface area contributed by atoms with Crippen molar-refractivity contribution in [3.8, 4) is 5.69 Å². The first kappa shape index (κ1) is 16.2. The molecule has 0 fully saturated rings. The molecular formula is C17H13Cl2N5O. The van der Waals surface area contributed by atoms with E-state index in [9.17, 15) is 0 Å². The molecule has 0 spiro atoms. The molecule has 2 aromatic carbocycles. The van der Waals surface area contributed by atoms with Crippen LogP contribution in [0.5, 0.6) is 0 Å². The van der Waals surface area contributed by atoms with Gasteiger partial charge in [0.1, 0.15) is 13.2 Å². The topological polar surface area (TPSA) is 78.3 Å². The fraction of sp³-hybridized carbons (Fsp3) is 0.118. The summed E-state index contributed by atoms with van der Waals surface area (Å²) >= 11 is 12.9. The third-order valence-electron chi connectivity index (χ3n) is 3.99. The van der Waals surface area contributed by atoms with Crippen molar-refractivity contribution in [3.63, 3.8) is 0 Å². The van der Waals surface area contributed by atoms with Gasteiger partial charge in [-0.15, -0.1) is 10.2 Å². The number of nitrogens with two attached hydrogens (primary N) is 1. The zero-order valence-corrected chi connectivity index (χ0v) is 14.5. The van der Waals surface area contributed by atoms with E-state index in [1.807, 2.05) is 47.0 Å². The maximum absolute atomic E-state index is 6.54. The van der Waals surface area contributed by atoms with Gasteiger partial charge in [-0.05, 0) is 18.2 Å². The van der Waals surface area contributed by atoms with Crippen LogP contribution in [0.1, 0.15) is 22.8 Å². The van der Waals surface area contributed by atoms with E-state index in [0.717, 1.165) is 22.5 Å². The van der Waals surface area contributed by atoms with E-state index in [2.05, 4.69) is 10.2 Å². The Morgan fingerprint density at radius 2 is 1.84 bits per heavy atom. The van der Waals surface area contributed by atoms with Crippen LogP contribution in [0.15, 0.2) is 47.5 Å². The summed E-state index contributed by atoms with van der Waals surface area (Å²) in [5, 5.41) is 9.53. The first-order valence-electron chi connectivity index (χ1n) is 7.54. The van der Waals surface area contributed by atoms with Crippen LogP contribution in [0.25, 0.3) is 5.69 Å². The molecule has 0 saturated carbocycles. The molecule has 1 aromatic heterocycles. The first-order valence-corrected chi connectivity index (χ1v) is 8.29. The fourth-order valence-electron chi connectivity index (χ4n) is 2.94. The van der Waals surface area contributed by atoms with E-state index >= 15 is 0 Å². The first-order chi connectivity index (χ1) is 12.2. The summed E-state index contributed by atoms with van der Waals surface area (Å²) in [6.45, 7) is 0.462. The predicted molar refractivity (Wildman–Crippen MR) is 96.1 cm³/mol. The average molecular weight is 374 g/mol. The molecule has 8 heteroatoms. The van der Waals surface area contributed by atoms with Crippen LogP contribution in [0.4, 0.5) is 0 Å². The molecule has 6 nitrogen and oxygen atoms in total. The lowest BCUT2D eigenvalue weighted by Crippen LogP contribution is -2.12. The van der Waals surface area contributed by atoms with E-state index in [0.29, 0.717) is 28.2 Å². The van der Waals surface area contributed by atoms with Gasteiger partial charge in [-0.3, -0.25) is 14.4 Å². The minimum Gasteiger partial charge on any atom is -0.296 e. The lowest BCUT2D eigenvalue weighted by molar-refractivity contribution is 0.117. The number of hydrogen-bond donors (Lipinski definition) is 1. The molecule has 2 N–H and O–H groups in total. The van der Waals surface area contributed by atoms with Crippen LogP contribution in [0.3, 0.4) is 0 Å². The molecule has 4 rings (SSSR count). The van der Waals surface area contributed by atoms with Gasteiger partial charge in [0.05, 0.1) is 16.4 Å². The summed E-state index contributed by atoms with van der Waals surface area (Å²) in [7, 11) is 0. The van der Waals surface area contributed by atoms with Gasteiger partial charge in [0, 0.05) is 16.1 Å². The molecule has 0 bridgehead atoms. The van der Waals surface area contributed by atoms with Crippen LogP contribution in [0, 0.1) is 0 Å². The number of aromatic nitrogens is 3. The minimum absolute atomic E-state index is 0.125. The fourth-order valence-corrected chi connectivity index (χ4v) is 3.42. The van der Waals surface area contributed by atoms with Crippen molar-refractivity contribution in [2.75, 3.05) is 0 Å². The van der Waals surface area contributed by atoms with E-state index in [-0.39, 0.29) is 6.61 Å². The van der Waals surface area contributed by atoms with Gasteiger partial charge in [-0.2, -0.15) is 0 Å². The van der Waals surface area contributed by atoms with Gasteiger partial charge in [0.25, 0.3) is 0 Å². The molecule has 25 heavy (non-hydrogen) atoms. The summed E-state index contributed by atoms with van der Waals surface area (Å²) in [5.74, 6) is 6.49. The number of halogens is 2. The second-order valence-corrected chi connectivity index (χ2v) is 6.27. The standard InChI is InChI=1S/C17H13Cl2N5O/c18-11-5-2-1-4-10(11)17-16-12(19)6-3-7-13(16)24-14(8-21-17)22-23-15(24)9-25-20/h1-7H,8-9,20H2. The molecule has 0 radical (unpaired) electrons. The SMILES string of the molecule is NOCc1nnc2n1-c1cccc(Cl)c1C(c1ccccc1Cl)=NC2. The Hall–Kier alpha value is -2.25. The number of benzene rings is 2. The maximum Gasteiger partial charge on any atom is 0.165 e. The Balaban J connectivity index is 2.00. The summed E-state index contributed by atoms with van der Waals surface area (Å²) in [5.41, 5.74) is 3.12. The molecule has 1 aliphatic heterocycles. The van der Waals surface area contributed by atoms with Crippen molar-refractivity contribution >= 4 is 28.9 Å². The molecule has 0 saturated heterocycles. The van der Waals surface area contributed by atoms with E-state index in [1.54, 1.807) is 0 Å². The molecule has 0 unspecified atom stereocenters. The molecule has 1 aliphatic rings. The summed E-state index contributed by atoms with van der Waals surface area (Å²) in [6, 6.07) is 13.2. The number of hydrogen-bond acceptors (Lipinski definition) is 5. The highest BCUT2D eigenvalue weighted by atomic mass is 35.5. The number of nitrogens with zero attached hydrogens (tertiary/aromatic N) is 4. The quantitative estimate of drug-likeness (QED) is 0.714. The highest BCUT2D eigenvalue weighted by Gasteiger charge is 2.25. The Bertz CT molecular complexity index is 983. The average Bonchev–Trinajstić information content (AvgIpc) is 2.92. The molecule has 3 aromatic rings. The van der Waals surface area contributed by atoms with Crippen molar-refractivity contribution in [2.24, 2.45) is 10.9 Å². The largest absolute Gasteiger partial charge is 0.296 e. The van der Waals surface area contributed by atoms with Gasteiger partial charge >= 0.3 is 0 Å². The molecule has 0 amide bonds. The molecular weight excluding hydrogens is 361 g/mol. The van der Waals surface area contributed by atoms with Crippen LogP contribution in [-0.4, -0.2) is 20.5 Å². The van der Waals surface area contributed by atoms with Crippen molar-refractivity contribution < 1.29 is 4.84 Å². The van der Waals surface area contributed by atoms with Crippen LogP contribution < -0.4 is 5.90 Å². The van der Waals surface area contributed by atoms with E-state index in [1.165, 1.54) is 0 Å².